The fraction of sp³-hybridized carbons (Fsp3) is 0.217. The Bertz CT molecular complexity index is 1200. The molecule has 1 amide bonds. The molecule has 3 aromatic rings. The van der Waals surface area contributed by atoms with E-state index in [4.69, 9.17) is 0 Å². The molecule has 0 aliphatic carbocycles. The molecule has 0 fully saturated rings. The number of aromatic nitrogens is 1. The number of hydrogen-bond acceptors (Lipinski definition) is 5. The Morgan fingerprint density at radius 1 is 1.29 bits per heavy atom. The van der Waals surface area contributed by atoms with E-state index in [2.05, 4.69) is 33.7 Å². The van der Waals surface area contributed by atoms with Crippen molar-refractivity contribution in [1.29, 1.82) is 0 Å². The maximum atomic E-state index is 14.3. The van der Waals surface area contributed by atoms with Crippen molar-refractivity contribution in [3.63, 3.8) is 0 Å². The Balaban J connectivity index is 0.00000408. The molecule has 34 heavy (non-hydrogen) atoms. The zero-order chi connectivity index (χ0) is 24.0. The van der Waals surface area contributed by atoms with Crippen LogP contribution in [0.2, 0.25) is 0 Å². The van der Waals surface area contributed by atoms with Crippen LogP contribution in [0.4, 0.5) is 23.2 Å². The normalized spacial score (nSPS) is 12.9. The maximum Gasteiger partial charge on any atom is 1.00 e. The molecule has 0 spiro atoms. The predicted octanol–water partition coefficient (Wildman–Crippen LogP) is 2.36. The minimum atomic E-state index is -4.59. The molecule has 1 atom stereocenters. The summed E-state index contributed by atoms with van der Waals surface area (Å²) in [5.41, 5.74) is -0.603. The smallest absolute Gasteiger partial charge is 0.560 e. The van der Waals surface area contributed by atoms with E-state index >= 15 is 0 Å². The Morgan fingerprint density at radius 3 is 2.68 bits per heavy atom. The van der Waals surface area contributed by atoms with Crippen LogP contribution in [-0.4, -0.2) is 10.9 Å². The second kappa shape index (κ2) is 12.8. The average Bonchev–Trinajstić information content (AvgIpc) is 3.25. The third-order valence-corrected chi connectivity index (χ3v) is 5.67. The standard InChI is InChI=1S/C23H20F4N4OS.K/c1-3-18-10-17(13-33-18)29-9-8-28-14(2)19-11-16(5-6-20(19)24)31-22(32)15-4-7-21(30-12-15)23(25,26)27;/h4-7,9-14,28H,3H2,1-2H3,(H,31,32);/q-2;+1. The van der Waals surface area contributed by atoms with E-state index in [1.165, 1.54) is 29.3 Å². The monoisotopic (exact) mass is 515 g/mol. The number of thiophene rings is 1. The molecular formula is C23H20F4KN4OS-. The number of nitrogens with zero attached hydrogens (tertiary/aromatic N) is 2. The Kier molecular flexibility index (Phi) is 10.7. The van der Waals surface area contributed by atoms with Gasteiger partial charge in [-0.2, -0.15) is 19.2 Å². The topological polar surface area (TPSA) is 66.4 Å². The number of amides is 1. The summed E-state index contributed by atoms with van der Waals surface area (Å²) in [7, 11) is 0. The van der Waals surface area contributed by atoms with Crippen molar-refractivity contribution in [2.45, 2.75) is 32.5 Å². The summed E-state index contributed by atoms with van der Waals surface area (Å²) >= 11 is 1.62. The summed E-state index contributed by atoms with van der Waals surface area (Å²) in [6.45, 7) is 3.77. The number of benzene rings is 1. The number of aryl methyl sites for hydroxylation is 1. The van der Waals surface area contributed by atoms with E-state index in [1.807, 2.05) is 11.4 Å². The molecule has 2 heterocycles. The summed E-state index contributed by atoms with van der Waals surface area (Å²) in [4.78, 5) is 21.1. The molecule has 174 valence electrons. The average molecular weight is 516 g/mol. The van der Waals surface area contributed by atoms with Crippen LogP contribution in [0.15, 0.2) is 59.2 Å². The molecule has 11 heteroatoms. The molecule has 0 saturated heterocycles. The third kappa shape index (κ3) is 7.89. The van der Waals surface area contributed by atoms with Gasteiger partial charge in [0.25, 0.3) is 5.91 Å². The van der Waals surface area contributed by atoms with Crippen LogP contribution < -0.4 is 67.4 Å². The van der Waals surface area contributed by atoms with Gasteiger partial charge in [-0.05, 0) is 42.6 Å². The number of carbonyl (C=O) groups is 1. The Labute approximate surface area is 240 Å². The third-order valence-electron chi connectivity index (χ3n) is 4.60. The molecule has 0 aliphatic heterocycles. The second-order valence-corrected chi connectivity index (χ2v) is 8.01. The number of alkyl halides is 3. The molecule has 0 aliphatic rings. The molecule has 1 aromatic carbocycles. The van der Waals surface area contributed by atoms with Gasteiger partial charge in [-0.1, -0.05) is 18.7 Å². The zero-order valence-electron chi connectivity index (χ0n) is 18.7. The van der Waals surface area contributed by atoms with Crippen LogP contribution in [0.25, 0.3) is 0 Å². The quantitative estimate of drug-likeness (QED) is 0.220. The van der Waals surface area contributed by atoms with E-state index in [0.717, 1.165) is 30.1 Å². The molecule has 0 radical (unpaired) electrons. The van der Waals surface area contributed by atoms with Crippen molar-refractivity contribution >= 4 is 22.9 Å². The minimum absolute atomic E-state index is 0. The molecule has 3 rings (SSSR count). The first-order valence-electron chi connectivity index (χ1n) is 9.92. The minimum Gasteiger partial charge on any atom is -0.560 e. The van der Waals surface area contributed by atoms with E-state index in [0.29, 0.717) is 0 Å². The number of nitrogens with one attached hydrogen (secondary N) is 2. The molecule has 0 saturated carbocycles. The van der Waals surface area contributed by atoms with Gasteiger partial charge in [-0.15, -0.1) is 11.1 Å². The first-order valence-corrected chi connectivity index (χ1v) is 10.8. The van der Waals surface area contributed by atoms with Crippen LogP contribution in [0, 0.1) is 12.0 Å². The van der Waals surface area contributed by atoms with Crippen molar-refractivity contribution in [2.75, 3.05) is 5.32 Å². The number of anilines is 1. The summed E-state index contributed by atoms with van der Waals surface area (Å²) in [6, 6.07) is 7.23. The molecule has 0 bridgehead atoms. The van der Waals surface area contributed by atoms with Crippen molar-refractivity contribution in [3.8, 4) is 0 Å². The Morgan fingerprint density at radius 2 is 2.06 bits per heavy atom. The van der Waals surface area contributed by atoms with E-state index in [1.54, 1.807) is 18.3 Å². The van der Waals surface area contributed by atoms with E-state index in [9.17, 15) is 22.4 Å². The van der Waals surface area contributed by atoms with Crippen LogP contribution in [0.1, 0.15) is 46.4 Å². The summed E-state index contributed by atoms with van der Waals surface area (Å²) in [6.07, 6.45) is 1.44. The van der Waals surface area contributed by atoms with Gasteiger partial charge in [0, 0.05) is 23.5 Å². The van der Waals surface area contributed by atoms with Crippen molar-refractivity contribution in [1.82, 2.24) is 10.3 Å². The largest absolute Gasteiger partial charge is 1.00 e. The molecule has 2 aromatic heterocycles. The van der Waals surface area contributed by atoms with Crippen molar-refractivity contribution in [2.24, 2.45) is 4.99 Å². The van der Waals surface area contributed by atoms with E-state index < -0.39 is 29.6 Å². The summed E-state index contributed by atoms with van der Waals surface area (Å²) < 4.78 is 52.2. The fourth-order valence-corrected chi connectivity index (χ4v) is 3.58. The van der Waals surface area contributed by atoms with Crippen LogP contribution in [-0.2, 0) is 12.6 Å². The number of pyridine rings is 1. The van der Waals surface area contributed by atoms with E-state index in [-0.39, 0.29) is 68.2 Å². The van der Waals surface area contributed by atoms with Crippen LogP contribution in [0.5, 0.6) is 0 Å². The fourth-order valence-electron chi connectivity index (χ4n) is 2.82. The SMILES string of the molecule is CCc1cc(=NC=[C-]NC(C)c2cc(NC(=O)c3ccc(C(F)(F)F)nc3)ccc2F)[cH-]s1.[K+]. The molecular weight excluding hydrogens is 495 g/mol. The maximum absolute atomic E-state index is 14.3. The van der Waals surface area contributed by atoms with Crippen LogP contribution >= 0.6 is 11.3 Å². The molecule has 5 nitrogen and oxygen atoms in total. The van der Waals surface area contributed by atoms with Crippen molar-refractivity contribution in [3.05, 3.63) is 93.2 Å². The first kappa shape index (κ1) is 28.5. The number of rotatable bonds is 7. The Hall–Kier alpha value is -1.76. The summed E-state index contributed by atoms with van der Waals surface area (Å²) in [5.74, 6) is -1.16. The number of halogens is 4. The van der Waals surface area contributed by atoms with Gasteiger partial charge in [-0.25, -0.2) is 4.39 Å². The number of carbonyl (C=O) groups excluding carboxylic acids is 1. The van der Waals surface area contributed by atoms with Gasteiger partial charge in [0.05, 0.1) is 5.56 Å². The van der Waals surface area contributed by atoms with Gasteiger partial charge in [-0.3, -0.25) is 21.1 Å². The van der Waals surface area contributed by atoms with Gasteiger partial charge >= 0.3 is 57.6 Å². The molecule has 1 unspecified atom stereocenters. The number of hydrogen-bond donors (Lipinski definition) is 2. The summed E-state index contributed by atoms with van der Waals surface area (Å²) in [5, 5.41) is 8.17. The van der Waals surface area contributed by atoms with Gasteiger partial charge in [0.2, 0.25) is 0 Å². The van der Waals surface area contributed by atoms with Crippen LogP contribution in [0.3, 0.4) is 0 Å². The van der Waals surface area contributed by atoms with Gasteiger partial charge in [0.15, 0.2) is 0 Å². The predicted molar refractivity (Wildman–Crippen MR) is 118 cm³/mol. The van der Waals surface area contributed by atoms with Gasteiger partial charge in [0.1, 0.15) is 11.5 Å². The van der Waals surface area contributed by atoms with Crippen molar-refractivity contribution < 1.29 is 73.7 Å². The molecule has 2 N–H and O–H groups in total. The second-order valence-electron chi connectivity index (χ2n) is 7.01. The zero-order valence-corrected chi connectivity index (χ0v) is 22.6. The van der Waals surface area contributed by atoms with Gasteiger partial charge < -0.3 is 21.8 Å². The first-order chi connectivity index (χ1) is 15.7.